The number of hydrogen-bond donors (Lipinski definition) is 0. The second kappa shape index (κ2) is 17.7. The molecule has 0 aliphatic carbocycles. The molecule has 0 heterocycles. The van der Waals surface area contributed by atoms with E-state index < -0.39 is 0 Å². The maximum atomic E-state index is 2.40. The molecule has 0 N–H and O–H groups in total. The summed E-state index contributed by atoms with van der Waals surface area (Å²) in [6.07, 6.45) is 2.38. The number of hydrogen-bond acceptors (Lipinski definition) is 0. The molecular weight excluding hydrogens is 759 g/mol. The van der Waals surface area contributed by atoms with Gasteiger partial charge < -0.3 is 0 Å². The van der Waals surface area contributed by atoms with Crippen molar-refractivity contribution in [1.82, 2.24) is 0 Å². The van der Waals surface area contributed by atoms with Gasteiger partial charge in [0.25, 0.3) is 0 Å². The minimum Gasteiger partial charge on any atom is -0.164 e. The van der Waals surface area contributed by atoms with E-state index in [1.165, 1.54) is 101 Å². The van der Waals surface area contributed by atoms with Gasteiger partial charge in [-0.15, -0.1) is 69.1 Å². The van der Waals surface area contributed by atoms with E-state index in [-0.39, 0.29) is 25.8 Å². The topological polar surface area (TPSA) is 0 Å². The average molecular weight is 816 g/mol. The Labute approximate surface area is 313 Å². The zero-order chi connectivity index (χ0) is 34.4. The van der Waals surface area contributed by atoms with Crippen LogP contribution < -0.4 is 0 Å². The van der Waals surface area contributed by atoms with Crippen LogP contribution in [0.15, 0.2) is 84.9 Å². The monoisotopic (exact) mass is 816 g/mol. The Morgan fingerprint density at radius 2 is 0.875 bits per heavy atom. The van der Waals surface area contributed by atoms with Gasteiger partial charge in [-0.05, 0) is 97.9 Å². The van der Waals surface area contributed by atoms with Crippen LogP contribution in [0.1, 0.15) is 96.9 Å². The van der Waals surface area contributed by atoms with Gasteiger partial charge in [0.05, 0.1) is 0 Å². The molecule has 0 nitrogen and oxygen atoms in total. The minimum absolute atomic E-state index is 0. The van der Waals surface area contributed by atoms with E-state index in [2.05, 4.69) is 167 Å². The number of aryl methyl sites for hydroxylation is 2. The summed E-state index contributed by atoms with van der Waals surface area (Å²) in [5, 5.41) is 5.52. The molecule has 6 rings (SSSR count). The molecule has 2 radical (unpaired) electrons. The SMILES string of the molecule is CCC(C)c1cc2c(-c3ccc(C)c(C)c3C)cccc2[cH-]1.CCC(C)c1cc2c(-c3ccc(C)c(C)c3C)cccc2[cH-]1.C[Si]C.[Hf]. The van der Waals surface area contributed by atoms with Gasteiger partial charge in [0.15, 0.2) is 0 Å². The molecule has 48 heavy (non-hydrogen) atoms. The van der Waals surface area contributed by atoms with Crippen molar-refractivity contribution >= 4 is 31.1 Å². The fourth-order valence-corrected chi connectivity index (χ4v) is 6.52. The number of benzene rings is 4. The van der Waals surface area contributed by atoms with Crippen LogP contribution in [0, 0.1) is 41.5 Å². The molecule has 2 unspecified atom stereocenters. The Hall–Kier alpha value is -2.81. The van der Waals surface area contributed by atoms with Crippen molar-refractivity contribution in [3.8, 4) is 22.3 Å². The molecule has 0 fully saturated rings. The molecule has 6 aromatic carbocycles. The van der Waals surface area contributed by atoms with Crippen LogP contribution in [0.5, 0.6) is 0 Å². The summed E-state index contributed by atoms with van der Waals surface area (Å²) >= 11 is 0. The van der Waals surface area contributed by atoms with Gasteiger partial charge in [-0.1, -0.05) is 101 Å². The van der Waals surface area contributed by atoms with Gasteiger partial charge in [0.2, 0.25) is 0 Å². The molecule has 0 aliphatic heterocycles. The zero-order valence-electron chi connectivity index (χ0n) is 31.7. The Morgan fingerprint density at radius 3 is 1.21 bits per heavy atom. The summed E-state index contributed by atoms with van der Waals surface area (Å²) < 4.78 is 0. The summed E-state index contributed by atoms with van der Waals surface area (Å²) in [6.45, 7) is 26.8. The van der Waals surface area contributed by atoms with Gasteiger partial charge in [-0.2, -0.15) is 12.1 Å². The normalized spacial score (nSPS) is 12.1. The van der Waals surface area contributed by atoms with E-state index >= 15 is 0 Å². The predicted molar refractivity (Wildman–Crippen MR) is 213 cm³/mol. The first kappa shape index (κ1) is 39.6. The maximum absolute atomic E-state index is 2.40. The van der Waals surface area contributed by atoms with Crippen LogP contribution in [-0.2, 0) is 25.8 Å². The fraction of sp³-hybridized carbons (Fsp3) is 0.348. The predicted octanol–water partition coefficient (Wildman–Crippen LogP) is 14.1. The molecule has 0 saturated heterocycles. The molecule has 0 saturated carbocycles. The Balaban J connectivity index is 0.000000236. The Bertz CT molecular complexity index is 1810. The minimum atomic E-state index is 0. The van der Waals surface area contributed by atoms with Crippen LogP contribution in [0.3, 0.4) is 0 Å². The summed E-state index contributed by atoms with van der Waals surface area (Å²) in [5.74, 6) is 1.25. The molecule has 0 aliphatic rings. The summed E-state index contributed by atoms with van der Waals surface area (Å²) in [7, 11) is 1.08. The first-order chi connectivity index (χ1) is 22.5. The average Bonchev–Trinajstić information content (AvgIpc) is 3.72. The smallest absolute Gasteiger partial charge is 0.0307 e. The zero-order valence-corrected chi connectivity index (χ0v) is 36.2. The second-order valence-electron chi connectivity index (χ2n) is 13.7. The van der Waals surface area contributed by atoms with Crippen LogP contribution in [0.25, 0.3) is 43.8 Å². The van der Waals surface area contributed by atoms with E-state index in [9.17, 15) is 0 Å². The Morgan fingerprint density at radius 1 is 0.521 bits per heavy atom. The van der Waals surface area contributed by atoms with Crippen molar-refractivity contribution in [2.45, 2.75) is 107 Å². The van der Waals surface area contributed by atoms with E-state index in [1.54, 1.807) is 0 Å². The molecule has 0 aromatic heterocycles. The van der Waals surface area contributed by atoms with E-state index in [1.807, 2.05) is 0 Å². The maximum Gasteiger partial charge on any atom is 0.0307 e. The van der Waals surface area contributed by atoms with Gasteiger partial charge in [-0.3, -0.25) is 0 Å². The van der Waals surface area contributed by atoms with Crippen LogP contribution >= 0.6 is 0 Å². The van der Waals surface area contributed by atoms with Crippen molar-refractivity contribution in [3.05, 3.63) is 129 Å². The summed E-state index contributed by atoms with van der Waals surface area (Å²) in [5.41, 5.74) is 16.8. The Kier molecular flexibility index (Phi) is 14.6. The molecule has 0 bridgehead atoms. The van der Waals surface area contributed by atoms with Gasteiger partial charge in [-0.25, -0.2) is 0 Å². The first-order valence-corrected chi connectivity index (χ1v) is 19.6. The third-order valence-electron chi connectivity index (χ3n) is 10.6. The van der Waals surface area contributed by atoms with E-state index in [0.717, 1.165) is 9.52 Å². The van der Waals surface area contributed by atoms with Crippen molar-refractivity contribution in [1.29, 1.82) is 0 Å². The molecule has 0 amide bonds. The van der Waals surface area contributed by atoms with Crippen LogP contribution in [0.4, 0.5) is 0 Å². The van der Waals surface area contributed by atoms with Crippen molar-refractivity contribution < 1.29 is 25.8 Å². The molecule has 250 valence electrons. The van der Waals surface area contributed by atoms with Gasteiger partial charge in [0.1, 0.15) is 0 Å². The van der Waals surface area contributed by atoms with E-state index in [0.29, 0.717) is 11.8 Å². The molecule has 2 atom stereocenters. The second-order valence-corrected chi connectivity index (χ2v) is 14.7. The molecule has 0 spiro atoms. The quantitative estimate of drug-likeness (QED) is 0.116. The van der Waals surface area contributed by atoms with Crippen molar-refractivity contribution in [2.24, 2.45) is 0 Å². The summed E-state index contributed by atoms with van der Waals surface area (Å²) in [6, 6.07) is 31.9. The third-order valence-corrected chi connectivity index (χ3v) is 10.6. The van der Waals surface area contributed by atoms with Crippen LogP contribution in [0.2, 0.25) is 13.1 Å². The number of fused-ring (bicyclic) bond motifs is 2. The molecule has 6 aromatic rings. The fourth-order valence-electron chi connectivity index (χ4n) is 6.52. The number of rotatable bonds is 6. The standard InChI is InChI=1S/2C22H25.C2H6Si.Hf/c2*1-6-14(2)19-12-18-8-7-9-21(22(18)13-19)20-11-10-15(3)16(4)17(20)5;1-3-2;/h2*7-14H,6H2,1-5H3;1-2H3;/q2*-1;;. The van der Waals surface area contributed by atoms with Gasteiger partial charge in [0, 0.05) is 35.4 Å². The molecule has 2 heteroatoms. The van der Waals surface area contributed by atoms with Crippen molar-refractivity contribution in [3.63, 3.8) is 0 Å². The largest absolute Gasteiger partial charge is 0.164 e. The third kappa shape index (κ3) is 8.48. The van der Waals surface area contributed by atoms with Crippen LogP contribution in [-0.4, -0.2) is 9.52 Å². The van der Waals surface area contributed by atoms with Crippen molar-refractivity contribution in [2.75, 3.05) is 0 Å². The van der Waals surface area contributed by atoms with Gasteiger partial charge >= 0.3 is 0 Å². The summed E-state index contributed by atoms with van der Waals surface area (Å²) in [4.78, 5) is 0. The van der Waals surface area contributed by atoms with E-state index in [4.69, 9.17) is 0 Å². The first-order valence-electron chi connectivity index (χ1n) is 17.6. The molecular formula is C46H56HfSi-2.